The molecule has 30 heavy (non-hydrogen) atoms. The second-order valence-corrected chi connectivity index (χ2v) is 8.98. The van der Waals surface area contributed by atoms with Gasteiger partial charge in [-0.25, -0.2) is 13.4 Å². The van der Waals surface area contributed by atoms with Gasteiger partial charge in [0.25, 0.3) is 0 Å². The normalized spacial score (nSPS) is 12.3. The van der Waals surface area contributed by atoms with Gasteiger partial charge < -0.3 is 9.15 Å². The van der Waals surface area contributed by atoms with Crippen molar-refractivity contribution in [3.63, 3.8) is 0 Å². The van der Waals surface area contributed by atoms with Crippen molar-refractivity contribution in [2.24, 2.45) is 4.99 Å². The Morgan fingerprint density at radius 3 is 2.30 bits per heavy atom. The number of hydrogen-bond acceptors (Lipinski definition) is 5. The zero-order valence-corrected chi connectivity index (χ0v) is 17.7. The van der Waals surface area contributed by atoms with E-state index in [2.05, 4.69) is 4.99 Å². The van der Waals surface area contributed by atoms with Crippen molar-refractivity contribution in [1.82, 2.24) is 0 Å². The first-order valence-corrected chi connectivity index (χ1v) is 10.9. The smallest absolute Gasteiger partial charge is 0.239 e. The van der Waals surface area contributed by atoms with Gasteiger partial charge >= 0.3 is 0 Å². The highest BCUT2D eigenvalue weighted by Crippen LogP contribution is 2.28. The van der Waals surface area contributed by atoms with E-state index in [-0.39, 0.29) is 15.3 Å². The Morgan fingerprint density at radius 2 is 1.60 bits per heavy atom. The first kappa shape index (κ1) is 19.9. The Bertz CT molecular complexity index is 1400. The lowest BCUT2D eigenvalue weighted by Gasteiger charge is -2.09. The molecule has 0 amide bonds. The number of rotatable bonds is 4. The SMILES string of the molecule is COc1cccc2cc(S(=O)(=O)c3ccc(C)cc3)c(=Nc3cccc(C)c3)oc12. The van der Waals surface area contributed by atoms with Gasteiger partial charge in [0.05, 0.1) is 17.7 Å². The molecule has 0 aliphatic heterocycles. The lowest BCUT2D eigenvalue weighted by atomic mass is 10.2. The van der Waals surface area contributed by atoms with Gasteiger partial charge in [0.2, 0.25) is 15.4 Å². The standard InChI is InChI=1S/C24H21NO4S/c1-16-10-12-20(13-11-16)30(26,27)22-15-18-7-5-9-21(28-3)23(18)29-24(22)25-19-8-4-6-17(2)14-19/h4-15H,1-3H3. The highest BCUT2D eigenvalue weighted by molar-refractivity contribution is 7.91. The summed E-state index contributed by atoms with van der Waals surface area (Å²) >= 11 is 0. The highest BCUT2D eigenvalue weighted by Gasteiger charge is 2.23. The average Bonchev–Trinajstić information content (AvgIpc) is 2.73. The molecule has 0 N–H and O–H groups in total. The first-order chi connectivity index (χ1) is 14.4. The van der Waals surface area contributed by atoms with Crippen molar-refractivity contribution >= 4 is 26.5 Å². The summed E-state index contributed by atoms with van der Waals surface area (Å²) in [6.07, 6.45) is 0. The summed E-state index contributed by atoms with van der Waals surface area (Å²) in [5.74, 6) is 0.507. The predicted molar refractivity (Wildman–Crippen MR) is 116 cm³/mol. The van der Waals surface area contributed by atoms with E-state index in [1.165, 1.54) is 0 Å². The van der Waals surface area contributed by atoms with Crippen molar-refractivity contribution in [3.05, 3.63) is 89.5 Å². The molecular formula is C24H21NO4S. The van der Waals surface area contributed by atoms with Crippen LogP contribution in [0.4, 0.5) is 5.69 Å². The molecule has 0 saturated carbocycles. The summed E-state index contributed by atoms with van der Waals surface area (Å²) in [7, 11) is -2.32. The zero-order valence-electron chi connectivity index (χ0n) is 16.9. The van der Waals surface area contributed by atoms with Crippen LogP contribution >= 0.6 is 0 Å². The average molecular weight is 420 g/mol. The summed E-state index contributed by atoms with van der Waals surface area (Å²) in [6, 6.07) is 21.1. The minimum atomic E-state index is -3.86. The summed E-state index contributed by atoms with van der Waals surface area (Å²) in [5.41, 5.74) is 3.05. The third-order valence-electron chi connectivity index (χ3n) is 4.78. The lowest BCUT2D eigenvalue weighted by molar-refractivity contribution is 0.404. The van der Waals surface area contributed by atoms with E-state index in [0.29, 0.717) is 22.4 Å². The second-order valence-electron chi connectivity index (χ2n) is 7.06. The molecule has 0 aliphatic rings. The maximum atomic E-state index is 13.5. The Hall–Kier alpha value is -3.38. The number of aryl methyl sites for hydroxylation is 2. The fourth-order valence-electron chi connectivity index (χ4n) is 3.20. The van der Waals surface area contributed by atoms with Crippen LogP contribution in [0.25, 0.3) is 11.0 Å². The molecular weight excluding hydrogens is 398 g/mol. The number of para-hydroxylation sites is 1. The van der Waals surface area contributed by atoms with Gasteiger partial charge in [-0.1, -0.05) is 42.0 Å². The van der Waals surface area contributed by atoms with Gasteiger partial charge in [-0.3, -0.25) is 0 Å². The van der Waals surface area contributed by atoms with E-state index in [4.69, 9.17) is 9.15 Å². The summed E-state index contributed by atoms with van der Waals surface area (Å²) in [6.45, 7) is 3.86. The van der Waals surface area contributed by atoms with E-state index >= 15 is 0 Å². The monoisotopic (exact) mass is 419 g/mol. The van der Waals surface area contributed by atoms with Crippen LogP contribution in [0.3, 0.4) is 0 Å². The third-order valence-corrected chi connectivity index (χ3v) is 6.54. The minimum absolute atomic E-state index is 0.00797. The fourth-order valence-corrected chi connectivity index (χ4v) is 4.54. The van der Waals surface area contributed by atoms with Crippen molar-refractivity contribution in [1.29, 1.82) is 0 Å². The van der Waals surface area contributed by atoms with Gasteiger partial charge in [0.15, 0.2) is 11.3 Å². The van der Waals surface area contributed by atoms with E-state index < -0.39 is 9.84 Å². The predicted octanol–water partition coefficient (Wildman–Crippen LogP) is 5.12. The number of benzene rings is 3. The fraction of sp³-hybridized carbons (Fsp3) is 0.125. The zero-order chi connectivity index (χ0) is 21.3. The molecule has 0 unspecified atom stereocenters. The number of ether oxygens (including phenoxy) is 1. The van der Waals surface area contributed by atoms with Crippen molar-refractivity contribution < 1.29 is 17.6 Å². The summed E-state index contributed by atoms with van der Waals surface area (Å²) in [5, 5.41) is 0.614. The molecule has 3 aromatic carbocycles. The van der Waals surface area contributed by atoms with Crippen LogP contribution in [-0.4, -0.2) is 15.5 Å². The van der Waals surface area contributed by atoms with E-state index in [1.807, 2.05) is 32.0 Å². The van der Waals surface area contributed by atoms with Crippen molar-refractivity contribution in [2.75, 3.05) is 7.11 Å². The Kier molecular flexibility index (Phi) is 5.18. The number of methoxy groups -OCH3 is 1. The van der Waals surface area contributed by atoms with E-state index in [1.54, 1.807) is 61.7 Å². The molecule has 152 valence electrons. The van der Waals surface area contributed by atoms with Crippen LogP contribution in [0, 0.1) is 13.8 Å². The topological polar surface area (TPSA) is 68.9 Å². The Balaban J connectivity index is 2.06. The second kappa shape index (κ2) is 7.80. The maximum absolute atomic E-state index is 13.5. The molecule has 0 saturated heterocycles. The van der Waals surface area contributed by atoms with Crippen LogP contribution in [0.5, 0.6) is 5.75 Å². The quantitative estimate of drug-likeness (QED) is 0.460. The molecule has 0 fully saturated rings. The largest absolute Gasteiger partial charge is 0.493 e. The summed E-state index contributed by atoms with van der Waals surface area (Å²) in [4.78, 5) is 4.73. The molecule has 4 aromatic rings. The van der Waals surface area contributed by atoms with Gasteiger partial charge in [-0.2, -0.15) is 0 Å². The van der Waals surface area contributed by atoms with E-state index in [0.717, 1.165) is 11.1 Å². The number of nitrogens with zero attached hydrogens (tertiary/aromatic N) is 1. The molecule has 1 heterocycles. The number of fused-ring (bicyclic) bond motifs is 1. The molecule has 0 radical (unpaired) electrons. The molecule has 4 rings (SSSR count). The summed E-state index contributed by atoms with van der Waals surface area (Å²) < 4.78 is 38.3. The van der Waals surface area contributed by atoms with Gasteiger partial charge in [-0.15, -0.1) is 0 Å². The number of hydrogen-bond donors (Lipinski definition) is 0. The van der Waals surface area contributed by atoms with Crippen LogP contribution < -0.4 is 10.3 Å². The number of sulfone groups is 1. The van der Waals surface area contributed by atoms with Crippen LogP contribution in [-0.2, 0) is 9.84 Å². The van der Waals surface area contributed by atoms with Gasteiger partial charge in [0, 0.05) is 5.39 Å². The van der Waals surface area contributed by atoms with E-state index in [9.17, 15) is 8.42 Å². The van der Waals surface area contributed by atoms with Crippen LogP contribution in [0.1, 0.15) is 11.1 Å². The van der Waals surface area contributed by atoms with Crippen molar-refractivity contribution in [3.8, 4) is 5.75 Å². The Morgan fingerprint density at radius 1 is 0.867 bits per heavy atom. The first-order valence-electron chi connectivity index (χ1n) is 9.42. The molecule has 0 spiro atoms. The molecule has 1 aromatic heterocycles. The van der Waals surface area contributed by atoms with Crippen molar-refractivity contribution in [2.45, 2.75) is 23.6 Å². The van der Waals surface area contributed by atoms with Crippen LogP contribution in [0.15, 0.2) is 92.0 Å². The third kappa shape index (κ3) is 3.74. The van der Waals surface area contributed by atoms with Gasteiger partial charge in [0.1, 0.15) is 4.90 Å². The highest BCUT2D eigenvalue weighted by atomic mass is 32.2. The molecule has 5 nitrogen and oxygen atoms in total. The minimum Gasteiger partial charge on any atom is -0.493 e. The molecule has 0 atom stereocenters. The molecule has 6 heteroatoms. The van der Waals surface area contributed by atoms with Gasteiger partial charge in [-0.05, 0) is 55.8 Å². The lowest BCUT2D eigenvalue weighted by Crippen LogP contribution is -2.16. The molecule has 0 bridgehead atoms. The molecule has 0 aliphatic carbocycles. The van der Waals surface area contributed by atoms with Crippen LogP contribution in [0.2, 0.25) is 0 Å². The maximum Gasteiger partial charge on any atom is 0.239 e. The Labute approximate surface area is 175 Å².